The fourth-order valence-corrected chi connectivity index (χ4v) is 2.05. The first-order valence-corrected chi connectivity index (χ1v) is 6.00. The summed E-state index contributed by atoms with van der Waals surface area (Å²) in [4.78, 5) is 33.5. The van der Waals surface area contributed by atoms with Crippen LogP contribution >= 0.6 is 11.6 Å². The van der Waals surface area contributed by atoms with Crippen molar-refractivity contribution in [3.63, 3.8) is 0 Å². The molecule has 0 unspecified atom stereocenters. The molecule has 0 atom stereocenters. The third kappa shape index (κ3) is 2.62. The van der Waals surface area contributed by atoms with E-state index >= 15 is 0 Å². The number of hydrogen-bond donors (Lipinski definition) is 1. The summed E-state index contributed by atoms with van der Waals surface area (Å²) in [5, 5.41) is 13.5. The van der Waals surface area contributed by atoms with Gasteiger partial charge < -0.3 is 0 Å². The summed E-state index contributed by atoms with van der Waals surface area (Å²) in [6.45, 7) is 0.596. The Kier molecular flexibility index (Phi) is 3.71. The average molecular weight is 296 g/mol. The van der Waals surface area contributed by atoms with Gasteiger partial charge in [0.2, 0.25) is 5.78 Å². The van der Waals surface area contributed by atoms with Gasteiger partial charge in [0.1, 0.15) is 5.56 Å². The first-order chi connectivity index (χ1) is 9.40. The van der Waals surface area contributed by atoms with E-state index in [9.17, 15) is 19.7 Å². The molecule has 0 radical (unpaired) electrons. The molecular weight excluding hydrogens is 286 g/mol. The third-order valence-corrected chi connectivity index (χ3v) is 2.92. The van der Waals surface area contributed by atoms with E-state index < -0.39 is 22.8 Å². The lowest BCUT2D eigenvalue weighted by Gasteiger charge is -2.01. The number of halogens is 1. The molecular formula is C12H10ClN3O4. The summed E-state index contributed by atoms with van der Waals surface area (Å²) in [5.41, 5.74) is -0.106. The van der Waals surface area contributed by atoms with Crippen LogP contribution in [0.15, 0.2) is 29.1 Å². The van der Waals surface area contributed by atoms with Crippen LogP contribution in [0.25, 0.3) is 5.69 Å². The predicted molar refractivity (Wildman–Crippen MR) is 72.3 cm³/mol. The number of Topliss-reactive ketones (excluding diaryl/α,β-unsaturated/α-hetero) is 1. The highest BCUT2D eigenvalue weighted by Crippen LogP contribution is 2.14. The third-order valence-electron chi connectivity index (χ3n) is 2.69. The lowest BCUT2D eigenvalue weighted by atomic mass is 10.2. The van der Waals surface area contributed by atoms with Gasteiger partial charge in [0.25, 0.3) is 12.1 Å². The Morgan fingerprint density at radius 1 is 1.50 bits per heavy atom. The van der Waals surface area contributed by atoms with Crippen molar-refractivity contribution in [3.8, 4) is 5.69 Å². The fourth-order valence-electron chi connectivity index (χ4n) is 1.87. The molecule has 1 heterocycles. The van der Waals surface area contributed by atoms with Crippen molar-refractivity contribution >= 4 is 17.4 Å². The number of benzene rings is 1. The summed E-state index contributed by atoms with van der Waals surface area (Å²) in [7, 11) is 0. The van der Waals surface area contributed by atoms with Crippen LogP contribution in [0.5, 0.6) is 0 Å². The van der Waals surface area contributed by atoms with Crippen LogP contribution in [0.1, 0.15) is 16.1 Å². The Morgan fingerprint density at radius 3 is 2.80 bits per heavy atom. The number of H-pyrrole nitrogens is 1. The normalized spacial score (nSPS) is 10.5. The zero-order valence-corrected chi connectivity index (χ0v) is 11.2. The Labute approximate surface area is 117 Å². The van der Waals surface area contributed by atoms with Gasteiger partial charge in [0.15, 0.2) is 0 Å². The lowest BCUT2D eigenvalue weighted by molar-refractivity contribution is -0.465. The molecule has 0 aliphatic rings. The maximum Gasteiger partial charge on any atom is 0.282 e. The molecule has 0 saturated carbocycles. The van der Waals surface area contributed by atoms with E-state index in [1.54, 1.807) is 24.3 Å². The highest BCUT2D eigenvalue weighted by Gasteiger charge is 2.23. The number of nitro groups is 1. The second kappa shape index (κ2) is 5.30. The van der Waals surface area contributed by atoms with Crippen molar-refractivity contribution < 1.29 is 9.72 Å². The summed E-state index contributed by atoms with van der Waals surface area (Å²) < 4.78 is 1.13. The molecule has 104 valence electrons. The number of aromatic nitrogens is 2. The van der Waals surface area contributed by atoms with Crippen molar-refractivity contribution in [1.82, 2.24) is 9.78 Å². The van der Waals surface area contributed by atoms with Gasteiger partial charge in [-0.25, -0.2) is 4.68 Å². The number of carbonyl (C=O) groups is 1. The second-order valence-electron chi connectivity index (χ2n) is 4.15. The van der Waals surface area contributed by atoms with Crippen molar-refractivity contribution in [2.75, 3.05) is 6.54 Å². The van der Waals surface area contributed by atoms with Gasteiger partial charge >= 0.3 is 0 Å². The number of nitrogens with one attached hydrogen (secondary N) is 1. The van der Waals surface area contributed by atoms with E-state index in [-0.39, 0.29) is 11.3 Å². The molecule has 0 bridgehead atoms. The molecule has 2 rings (SSSR count). The molecule has 7 nitrogen and oxygen atoms in total. The van der Waals surface area contributed by atoms with E-state index in [0.29, 0.717) is 10.7 Å². The van der Waals surface area contributed by atoms with Gasteiger partial charge in [-0.1, -0.05) is 17.7 Å². The summed E-state index contributed by atoms with van der Waals surface area (Å²) in [6, 6.07) is 6.47. The highest BCUT2D eigenvalue weighted by atomic mass is 35.5. The Balaban J connectivity index is 2.52. The monoisotopic (exact) mass is 295 g/mol. The molecule has 0 aliphatic heterocycles. The number of ketones is 1. The molecule has 2 aromatic rings. The molecule has 1 N–H and O–H groups in total. The zero-order chi connectivity index (χ0) is 14.9. The van der Waals surface area contributed by atoms with Crippen LogP contribution in [-0.2, 0) is 0 Å². The van der Waals surface area contributed by atoms with Gasteiger partial charge in [-0.15, -0.1) is 0 Å². The van der Waals surface area contributed by atoms with Gasteiger partial charge in [0, 0.05) is 15.6 Å². The van der Waals surface area contributed by atoms with E-state index in [1.165, 1.54) is 6.92 Å². The topological polar surface area (TPSA) is 98.0 Å². The van der Waals surface area contributed by atoms with E-state index in [0.717, 1.165) is 4.68 Å². The molecule has 0 amide bonds. The Morgan fingerprint density at radius 2 is 2.20 bits per heavy atom. The number of carbonyl (C=O) groups excluding carboxylic acids is 1. The van der Waals surface area contributed by atoms with E-state index in [4.69, 9.17) is 11.6 Å². The van der Waals surface area contributed by atoms with Crippen LogP contribution in [0.4, 0.5) is 0 Å². The van der Waals surface area contributed by atoms with Crippen LogP contribution in [0.3, 0.4) is 0 Å². The highest BCUT2D eigenvalue weighted by molar-refractivity contribution is 6.30. The summed E-state index contributed by atoms with van der Waals surface area (Å²) in [5.74, 6) is -0.825. The maximum atomic E-state index is 12.2. The fraction of sp³-hybridized carbons (Fsp3) is 0.167. The molecule has 1 aromatic carbocycles. The molecule has 0 fully saturated rings. The summed E-state index contributed by atoms with van der Waals surface area (Å²) in [6.07, 6.45) is 0. The van der Waals surface area contributed by atoms with Crippen molar-refractivity contribution in [2.24, 2.45) is 0 Å². The second-order valence-corrected chi connectivity index (χ2v) is 4.58. The Hall–Kier alpha value is -2.41. The van der Waals surface area contributed by atoms with Gasteiger partial charge in [0.05, 0.1) is 5.69 Å². The summed E-state index contributed by atoms with van der Waals surface area (Å²) >= 11 is 5.84. The number of aromatic amines is 1. The number of rotatable bonds is 4. The number of nitrogens with zero attached hydrogens (tertiary/aromatic N) is 2. The first-order valence-electron chi connectivity index (χ1n) is 5.62. The first kappa shape index (κ1) is 14.0. The molecule has 20 heavy (non-hydrogen) atoms. The molecule has 8 heteroatoms. The van der Waals surface area contributed by atoms with Crippen molar-refractivity contribution in [2.45, 2.75) is 6.92 Å². The number of hydrogen-bond acceptors (Lipinski definition) is 4. The van der Waals surface area contributed by atoms with Crippen molar-refractivity contribution in [3.05, 3.63) is 61.0 Å². The Bertz CT molecular complexity index is 747. The smallest absolute Gasteiger partial charge is 0.282 e. The minimum absolute atomic E-state index is 0.207. The largest absolute Gasteiger partial charge is 0.295 e. The SMILES string of the molecule is Cc1[nH]n(-c2cccc(Cl)c2)c(=O)c1C(=O)C[N+](=O)[O-]. The molecule has 0 aliphatic carbocycles. The minimum atomic E-state index is -0.913. The average Bonchev–Trinajstić information content (AvgIpc) is 2.64. The lowest BCUT2D eigenvalue weighted by Crippen LogP contribution is -2.24. The van der Waals surface area contributed by atoms with Crippen LogP contribution in [0, 0.1) is 17.0 Å². The van der Waals surface area contributed by atoms with Crippen molar-refractivity contribution in [1.29, 1.82) is 0 Å². The molecule has 0 saturated heterocycles. The van der Waals surface area contributed by atoms with Gasteiger partial charge in [-0.3, -0.25) is 24.8 Å². The van der Waals surface area contributed by atoms with Crippen LogP contribution in [0.2, 0.25) is 5.02 Å². The van der Waals surface area contributed by atoms with Crippen LogP contribution in [-0.4, -0.2) is 27.0 Å². The van der Waals surface area contributed by atoms with Crippen LogP contribution < -0.4 is 5.56 Å². The van der Waals surface area contributed by atoms with E-state index in [2.05, 4.69) is 5.10 Å². The molecule has 0 spiro atoms. The minimum Gasteiger partial charge on any atom is -0.295 e. The maximum absolute atomic E-state index is 12.2. The molecule has 1 aromatic heterocycles. The predicted octanol–water partition coefficient (Wildman–Crippen LogP) is 1.59. The zero-order valence-electron chi connectivity index (χ0n) is 10.4. The van der Waals surface area contributed by atoms with E-state index in [1.807, 2.05) is 0 Å². The number of aryl methyl sites for hydroxylation is 1. The van der Waals surface area contributed by atoms with Gasteiger partial charge in [-0.05, 0) is 25.1 Å². The standard InChI is InChI=1S/C12H10ClN3O4/c1-7-11(10(17)6-15(19)20)12(18)16(14-7)9-4-2-3-8(13)5-9/h2-5,14H,6H2,1H3. The quantitative estimate of drug-likeness (QED) is 0.526. The van der Waals surface area contributed by atoms with Gasteiger partial charge in [-0.2, -0.15) is 0 Å².